The van der Waals surface area contributed by atoms with Crippen molar-refractivity contribution in [3.05, 3.63) is 52.1 Å². The van der Waals surface area contributed by atoms with Gasteiger partial charge in [0, 0.05) is 22.7 Å². The van der Waals surface area contributed by atoms with E-state index < -0.39 is 0 Å². The van der Waals surface area contributed by atoms with Crippen LogP contribution in [-0.4, -0.2) is 9.97 Å². The molecule has 0 fully saturated rings. The van der Waals surface area contributed by atoms with Crippen LogP contribution in [0.1, 0.15) is 16.3 Å². The van der Waals surface area contributed by atoms with Crippen LogP contribution in [-0.2, 0) is 6.61 Å². The van der Waals surface area contributed by atoms with Crippen molar-refractivity contribution in [2.24, 2.45) is 0 Å². The zero-order chi connectivity index (χ0) is 13.2. The molecule has 3 rings (SSSR count). The average Bonchev–Trinajstić information content (AvgIpc) is 2.89. The number of thiazole rings is 1. The number of aromatic nitrogens is 2. The minimum Gasteiger partial charge on any atom is -0.486 e. The SMILES string of the molecule is Cc1cc(C)c2cc(OCc3nccs3)ccc2n1. The molecule has 1 aromatic carbocycles. The largest absolute Gasteiger partial charge is 0.486 e. The smallest absolute Gasteiger partial charge is 0.140 e. The molecule has 0 aliphatic carbocycles. The molecule has 0 spiro atoms. The first-order chi connectivity index (χ1) is 9.22. The van der Waals surface area contributed by atoms with Gasteiger partial charge in [-0.25, -0.2) is 4.98 Å². The highest BCUT2D eigenvalue weighted by Crippen LogP contribution is 2.24. The summed E-state index contributed by atoms with van der Waals surface area (Å²) >= 11 is 1.60. The Labute approximate surface area is 115 Å². The van der Waals surface area contributed by atoms with E-state index in [0.717, 1.165) is 27.4 Å². The Morgan fingerprint density at radius 3 is 2.89 bits per heavy atom. The summed E-state index contributed by atoms with van der Waals surface area (Å²) in [5.74, 6) is 0.858. The van der Waals surface area contributed by atoms with E-state index in [0.29, 0.717) is 6.61 Å². The van der Waals surface area contributed by atoms with Gasteiger partial charge >= 0.3 is 0 Å². The molecule has 2 aromatic heterocycles. The molecule has 3 nitrogen and oxygen atoms in total. The quantitative estimate of drug-likeness (QED) is 0.724. The lowest BCUT2D eigenvalue weighted by molar-refractivity contribution is 0.306. The summed E-state index contributed by atoms with van der Waals surface area (Å²) in [6.07, 6.45) is 1.79. The van der Waals surface area contributed by atoms with Gasteiger partial charge in [-0.15, -0.1) is 11.3 Å². The average molecular weight is 270 g/mol. The molecule has 96 valence electrons. The summed E-state index contributed by atoms with van der Waals surface area (Å²) in [5.41, 5.74) is 3.28. The van der Waals surface area contributed by atoms with Gasteiger partial charge in [-0.2, -0.15) is 0 Å². The molecule has 0 saturated heterocycles. The molecule has 0 bridgehead atoms. The maximum absolute atomic E-state index is 5.76. The van der Waals surface area contributed by atoms with Crippen LogP contribution in [0, 0.1) is 13.8 Å². The molecular weight excluding hydrogens is 256 g/mol. The molecule has 0 aliphatic heterocycles. The molecule has 0 amide bonds. The molecule has 4 heteroatoms. The normalized spacial score (nSPS) is 10.8. The van der Waals surface area contributed by atoms with Gasteiger partial charge in [0.15, 0.2) is 0 Å². The molecule has 0 unspecified atom stereocenters. The summed E-state index contributed by atoms with van der Waals surface area (Å²) in [5, 5.41) is 4.08. The number of pyridine rings is 1. The van der Waals surface area contributed by atoms with Crippen LogP contribution in [0.4, 0.5) is 0 Å². The van der Waals surface area contributed by atoms with Crippen LogP contribution in [0.25, 0.3) is 10.9 Å². The predicted octanol–water partition coefficient (Wildman–Crippen LogP) is 3.89. The van der Waals surface area contributed by atoms with Gasteiger partial charge in [0.05, 0.1) is 5.52 Å². The van der Waals surface area contributed by atoms with Gasteiger partial charge in [-0.05, 0) is 43.7 Å². The molecule has 0 N–H and O–H groups in total. The monoisotopic (exact) mass is 270 g/mol. The third-order valence-electron chi connectivity index (χ3n) is 2.96. The van der Waals surface area contributed by atoms with E-state index >= 15 is 0 Å². The lowest BCUT2D eigenvalue weighted by Gasteiger charge is -2.08. The van der Waals surface area contributed by atoms with Crippen LogP contribution in [0.3, 0.4) is 0 Å². The Morgan fingerprint density at radius 1 is 1.21 bits per heavy atom. The summed E-state index contributed by atoms with van der Waals surface area (Å²) < 4.78 is 5.76. The fourth-order valence-corrected chi connectivity index (χ4v) is 2.63. The number of aryl methyl sites for hydroxylation is 2. The highest BCUT2D eigenvalue weighted by molar-refractivity contribution is 7.09. The van der Waals surface area contributed by atoms with E-state index in [4.69, 9.17) is 4.74 Å². The van der Waals surface area contributed by atoms with E-state index in [1.807, 2.05) is 30.5 Å². The van der Waals surface area contributed by atoms with Crippen LogP contribution in [0.2, 0.25) is 0 Å². The number of rotatable bonds is 3. The van der Waals surface area contributed by atoms with Gasteiger partial charge in [-0.3, -0.25) is 4.98 Å². The highest BCUT2D eigenvalue weighted by atomic mass is 32.1. The summed E-state index contributed by atoms with van der Waals surface area (Å²) in [4.78, 5) is 8.73. The fourth-order valence-electron chi connectivity index (χ4n) is 2.10. The standard InChI is InChI=1S/C15H14N2OS/c1-10-7-11(2)17-14-4-3-12(8-13(10)14)18-9-15-16-5-6-19-15/h3-8H,9H2,1-2H3. The number of hydrogen-bond donors (Lipinski definition) is 0. The lowest BCUT2D eigenvalue weighted by atomic mass is 10.1. The molecule has 19 heavy (non-hydrogen) atoms. The Bertz CT molecular complexity index is 707. The molecule has 0 radical (unpaired) electrons. The van der Waals surface area contributed by atoms with Crippen LogP contribution in [0.5, 0.6) is 5.75 Å². The van der Waals surface area contributed by atoms with Crippen molar-refractivity contribution in [3.63, 3.8) is 0 Å². The van der Waals surface area contributed by atoms with Crippen molar-refractivity contribution in [3.8, 4) is 5.75 Å². The van der Waals surface area contributed by atoms with Crippen molar-refractivity contribution in [2.75, 3.05) is 0 Å². The molecule has 3 aromatic rings. The first-order valence-electron chi connectivity index (χ1n) is 6.11. The first kappa shape index (κ1) is 12.1. The predicted molar refractivity (Wildman–Crippen MR) is 77.7 cm³/mol. The first-order valence-corrected chi connectivity index (χ1v) is 6.99. The molecule has 0 aliphatic rings. The third-order valence-corrected chi connectivity index (χ3v) is 3.71. The van der Waals surface area contributed by atoms with Crippen molar-refractivity contribution < 1.29 is 4.74 Å². The Morgan fingerprint density at radius 2 is 2.11 bits per heavy atom. The molecule has 2 heterocycles. The number of fused-ring (bicyclic) bond motifs is 1. The lowest BCUT2D eigenvalue weighted by Crippen LogP contribution is -1.95. The summed E-state index contributed by atoms with van der Waals surface area (Å²) in [6.45, 7) is 4.63. The van der Waals surface area contributed by atoms with Gasteiger partial charge in [0.25, 0.3) is 0 Å². The van der Waals surface area contributed by atoms with E-state index in [2.05, 4.69) is 23.0 Å². The topological polar surface area (TPSA) is 35.0 Å². The van der Waals surface area contributed by atoms with Crippen molar-refractivity contribution >= 4 is 22.2 Å². The molecule has 0 saturated carbocycles. The van der Waals surface area contributed by atoms with E-state index in [1.165, 1.54) is 5.56 Å². The maximum Gasteiger partial charge on any atom is 0.140 e. The van der Waals surface area contributed by atoms with Crippen LogP contribution < -0.4 is 4.74 Å². The Kier molecular flexibility index (Phi) is 3.17. The van der Waals surface area contributed by atoms with Gasteiger partial charge < -0.3 is 4.74 Å². The number of benzene rings is 1. The van der Waals surface area contributed by atoms with Gasteiger partial charge in [-0.1, -0.05) is 0 Å². The van der Waals surface area contributed by atoms with Crippen molar-refractivity contribution in [1.82, 2.24) is 9.97 Å². The second-order valence-electron chi connectivity index (χ2n) is 4.47. The minimum atomic E-state index is 0.515. The second-order valence-corrected chi connectivity index (χ2v) is 5.45. The highest BCUT2D eigenvalue weighted by Gasteiger charge is 2.04. The number of ether oxygens (including phenoxy) is 1. The summed E-state index contributed by atoms with van der Waals surface area (Å²) in [6, 6.07) is 8.10. The van der Waals surface area contributed by atoms with Gasteiger partial charge in [0.2, 0.25) is 0 Å². The third kappa shape index (κ3) is 2.58. The van der Waals surface area contributed by atoms with E-state index in [9.17, 15) is 0 Å². The zero-order valence-electron chi connectivity index (χ0n) is 10.9. The van der Waals surface area contributed by atoms with Gasteiger partial charge in [0.1, 0.15) is 17.4 Å². The molecular formula is C15H14N2OS. The van der Waals surface area contributed by atoms with E-state index in [-0.39, 0.29) is 0 Å². The van der Waals surface area contributed by atoms with Crippen LogP contribution in [0.15, 0.2) is 35.8 Å². The summed E-state index contributed by atoms with van der Waals surface area (Å²) in [7, 11) is 0. The van der Waals surface area contributed by atoms with Crippen LogP contribution >= 0.6 is 11.3 Å². The van der Waals surface area contributed by atoms with Crippen molar-refractivity contribution in [1.29, 1.82) is 0 Å². The second kappa shape index (κ2) is 4.97. The zero-order valence-corrected chi connectivity index (χ0v) is 11.7. The molecule has 0 atom stereocenters. The maximum atomic E-state index is 5.76. The number of nitrogens with zero attached hydrogens (tertiary/aromatic N) is 2. The van der Waals surface area contributed by atoms with E-state index in [1.54, 1.807) is 17.5 Å². The fraction of sp³-hybridized carbons (Fsp3) is 0.200. The number of hydrogen-bond acceptors (Lipinski definition) is 4. The minimum absolute atomic E-state index is 0.515. The van der Waals surface area contributed by atoms with Crippen molar-refractivity contribution in [2.45, 2.75) is 20.5 Å². The Balaban J connectivity index is 1.89. The Hall–Kier alpha value is -1.94.